The van der Waals surface area contributed by atoms with Crippen molar-refractivity contribution in [1.29, 1.82) is 0 Å². The Morgan fingerprint density at radius 1 is 1.04 bits per heavy atom. The third-order valence-corrected chi connectivity index (χ3v) is 4.77. The van der Waals surface area contributed by atoms with Crippen LogP contribution in [-0.2, 0) is 0 Å². The Kier molecular flexibility index (Phi) is 3.51. The fraction of sp³-hybridized carbons (Fsp3) is 0. The number of pyridine rings is 3. The van der Waals surface area contributed by atoms with Crippen molar-refractivity contribution in [2.45, 2.75) is 0 Å². The molecule has 24 heavy (non-hydrogen) atoms. The van der Waals surface area contributed by atoms with Gasteiger partial charge in [0, 0.05) is 29.5 Å². The largest absolute Gasteiger partial charge is 0.397 e. The Balaban J connectivity index is 1.82. The van der Waals surface area contributed by atoms with Gasteiger partial charge in [0.2, 0.25) is 5.78 Å². The number of nitrogen functional groups attached to an aromatic ring is 1. The zero-order chi connectivity index (χ0) is 16.5. The van der Waals surface area contributed by atoms with Crippen LogP contribution in [0.5, 0.6) is 0 Å². The van der Waals surface area contributed by atoms with E-state index in [0.717, 1.165) is 21.5 Å². The fourth-order valence-electron chi connectivity index (χ4n) is 2.45. The molecule has 0 unspecified atom stereocenters. The van der Waals surface area contributed by atoms with E-state index in [0.29, 0.717) is 16.3 Å². The van der Waals surface area contributed by atoms with Crippen LogP contribution in [0.3, 0.4) is 0 Å². The molecule has 0 aliphatic rings. The lowest BCUT2D eigenvalue weighted by Gasteiger charge is -2.00. The molecule has 4 aromatic heterocycles. The van der Waals surface area contributed by atoms with E-state index in [9.17, 15) is 4.79 Å². The van der Waals surface area contributed by atoms with E-state index in [2.05, 4.69) is 15.0 Å². The van der Waals surface area contributed by atoms with E-state index in [-0.39, 0.29) is 5.78 Å². The summed E-state index contributed by atoms with van der Waals surface area (Å²) in [4.78, 5) is 26.7. The van der Waals surface area contributed by atoms with E-state index in [1.807, 2.05) is 24.3 Å². The van der Waals surface area contributed by atoms with Gasteiger partial charge in [-0.25, -0.2) is 4.98 Å². The molecular formula is C18H12N4OS. The Bertz CT molecular complexity index is 1030. The van der Waals surface area contributed by atoms with Crippen molar-refractivity contribution in [2.75, 3.05) is 5.73 Å². The average Bonchev–Trinajstić information content (AvgIpc) is 2.99. The zero-order valence-corrected chi connectivity index (χ0v) is 13.3. The summed E-state index contributed by atoms with van der Waals surface area (Å²) in [6.07, 6.45) is 5.06. The van der Waals surface area contributed by atoms with E-state index in [4.69, 9.17) is 5.73 Å². The summed E-state index contributed by atoms with van der Waals surface area (Å²) in [5.74, 6) is -0.181. The smallest absolute Gasteiger partial charge is 0.223 e. The summed E-state index contributed by atoms with van der Waals surface area (Å²) in [6.45, 7) is 0. The van der Waals surface area contributed by atoms with Crippen molar-refractivity contribution >= 4 is 33.0 Å². The van der Waals surface area contributed by atoms with Crippen LogP contribution in [0.4, 0.5) is 5.69 Å². The van der Waals surface area contributed by atoms with Gasteiger partial charge in [0.1, 0.15) is 15.4 Å². The van der Waals surface area contributed by atoms with E-state index < -0.39 is 0 Å². The fourth-order valence-corrected chi connectivity index (χ4v) is 3.50. The van der Waals surface area contributed by atoms with Crippen LogP contribution in [0.25, 0.3) is 21.5 Å². The minimum Gasteiger partial charge on any atom is -0.397 e. The van der Waals surface area contributed by atoms with Gasteiger partial charge in [-0.2, -0.15) is 0 Å². The molecule has 0 saturated heterocycles. The molecule has 0 bridgehead atoms. The van der Waals surface area contributed by atoms with E-state index in [1.54, 1.807) is 36.8 Å². The second kappa shape index (κ2) is 5.82. The SMILES string of the molecule is Nc1c(C(=O)c2ccccn2)sc2nc(-c3cccnc3)ccc12. The van der Waals surface area contributed by atoms with Gasteiger partial charge in [-0.15, -0.1) is 11.3 Å². The molecular weight excluding hydrogens is 320 g/mol. The third kappa shape index (κ3) is 2.43. The normalized spacial score (nSPS) is 10.8. The number of nitrogens with two attached hydrogens (primary N) is 1. The lowest BCUT2D eigenvalue weighted by atomic mass is 10.1. The molecule has 0 amide bonds. The molecule has 0 saturated carbocycles. The maximum absolute atomic E-state index is 12.6. The van der Waals surface area contributed by atoms with Crippen molar-refractivity contribution in [3.8, 4) is 11.3 Å². The first-order valence-corrected chi connectivity index (χ1v) is 8.11. The van der Waals surface area contributed by atoms with Gasteiger partial charge in [0.05, 0.1) is 11.4 Å². The Hall–Kier alpha value is -3.12. The van der Waals surface area contributed by atoms with Crippen LogP contribution in [-0.4, -0.2) is 20.7 Å². The number of carbonyl (C=O) groups is 1. The molecule has 6 heteroatoms. The summed E-state index contributed by atoms with van der Waals surface area (Å²) >= 11 is 1.29. The van der Waals surface area contributed by atoms with Crippen LogP contribution in [0, 0.1) is 0 Å². The topological polar surface area (TPSA) is 81.8 Å². The molecule has 0 fully saturated rings. The number of hydrogen-bond donors (Lipinski definition) is 1. The van der Waals surface area contributed by atoms with Crippen molar-refractivity contribution in [2.24, 2.45) is 0 Å². The Morgan fingerprint density at radius 2 is 1.96 bits per heavy atom. The highest BCUT2D eigenvalue weighted by molar-refractivity contribution is 7.21. The standard InChI is InChI=1S/C18H12N4OS/c19-15-12-6-7-13(11-4-3-8-20-10-11)22-18(12)24-17(15)16(23)14-5-1-2-9-21-14/h1-10H,19H2. The summed E-state index contributed by atoms with van der Waals surface area (Å²) < 4.78 is 0. The molecule has 0 radical (unpaired) electrons. The number of fused-ring (bicyclic) bond motifs is 1. The first-order chi connectivity index (χ1) is 11.7. The lowest BCUT2D eigenvalue weighted by Crippen LogP contribution is -2.03. The number of nitrogens with zero attached hydrogens (tertiary/aromatic N) is 3. The first kappa shape index (κ1) is 14.5. The van der Waals surface area contributed by atoms with Crippen molar-refractivity contribution in [1.82, 2.24) is 15.0 Å². The molecule has 0 aliphatic heterocycles. The van der Waals surface area contributed by atoms with Crippen molar-refractivity contribution in [3.63, 3.8) is 0 Å². The minimum absolute atomic E-state index is 0.181. The quantitative estimate of drug-likeness (QED) is 0.580. The second-order valence-electron chi connectivity index (χ2n) is 5.18. The highest BCUT2D eigenvalue weighted by Gasteiger charge is 2.19. The molecule has 4 rings (SSSR count). The molecule has 0 atom stereocenters. The predicted octanol–water partition coefficient (Wildman–Crippen LogP) is 3.57. The third-order valence-electron chi connectivity index (χ3n) is 3.65. The van der Waals surface area contributed by atoms with Gasteiger partial charge in [0.25, 0.3) is 0 Å². The summed E-state index contributed by atoms with van der Waals surface area (Å²) in [7, 11) is 0. The van der Waals surface area contributed by atoms with Gasteiger partial charge in [-0.05, 0) is 36.4 Å². The van der Waals surface area contributed by atoms with Crippen LogP contribution >= 0.6 is 11.3 Å². The van der Waals surface area contributed by atoms with Crippen molar-refractivity contribution in [3.05, 3.63) is 71.6 Å². The van der Waals surface area contributed by atoms with Gasteiger partial charge in [0.15, 0.2) is 0 Å². The molecule has 0 aliphatic carbocycles. The van der Waals surface area contributed by atoms with Crippen molar-refractivity contribution < 1.29 is 4.79 Å². The molecule has 5 nitrogen and oxygen atoms in total. The number of carbonyl (C=O) groups excluding carboxylic acids is 1. The summed E-state index contributed by atoms with van der Waals surface area (Å²) in [5.41, 5.74) is 8.73. The molecule has 116 valence electrons. The maximum atomic E-state index is 12.6. The summed E-state index contributed by atoms with van der Waals surface area (Å²) in [6, 6.07) is 12.8. The van der Waals surface area contributed by atoms with Gasteiger partial charge >= 0.3 is 0 Å². The number of thiophene rings is 1. The average molecular weight is 332 g/mol. The van der Waals surface area contributed by atoms with Crippen LogP contribution in [0.15, 0.2) is 61.1 Å². The minimum atomic E-state index is -0.181. The molecule has 0 spiro atoms. The number of ketones is 1. The number of hydrogen-bond acceptors (Lipinski definition) is 6. The number of rotatable bonds is 3. The van der Waals surface area contributed by atoms with Crippen LogP contribution in [0.1, 0.15) is 15.4 Å². The molecule has 0 aromatic carbocycles. The Morgan fingerprint density at radius 3 is 2.71 bits per heavy atom. The predicted molar refractivity (Wildman–Crippen MR) is 94.9 cm³/mol. The first-order valence-electron chi connectivity index (χ1n) is 7.29. The molecule has 2 N–H and O–H groups in total. The van der Waals surface area contributed by atoms with Gasteiger partial charge < -0.3 is 5.73 Å². The van der Waals surface area contributed by atoms with Gasteiger partial charge in [-0.1, -0.05) is 6.07 Å². The highest BCUT2D eigenvalue weighted by atomic mass is 32.1. The maximum Gasteiger partial charge on any atom is 0.223 e. The second-order valence-corrected chi connectivity index (χ2v) is 6.18. The monoisotopic (exact) mass is 332 g/mol. The zero-order valence-electron chi connectivity index (χ0n) is 12.5. The van der Waals surface area contributed by atoms with Crippen LogP contribution < -0.4 is 5.73 Å². The van der Waals surface area contributed by atoms with Crippen LogP contribution in [0.2, 0.25) is 0 Å². The lowest BCUT2D eigenvalue weighted by molar-refractivity contribution is 0.103. The highest BCUT2D eigenvalue weighted by Crippen LogP contribution is 2.35. The van der Waals surface area contributed by atoms with E-state index in [1.165, 1.54) is 11.3 Å². The van der Waals surface area contributed by atoms with E-state index >= 15 is 0 Å². The Labute approximate surface area is 141 Å². The number of aromatic nitrogens is 3. The molecule has 4 heterocycles. The number of anilines is 1. The summed E-state index contributed by atoms with van der Waals surface area (Å²) in [5, 5.41) is 0.784. The van der Waals surface area contributed by atoms with Gasteiger partial charge in [-0.3, -0.25) is 14.8 Å². The molecule has 4 aromatic rings.